The van der Waals surface area contributed by atoms with Gasteiger partial charge < -0.3 is 15.8 Å². The van der Waals surface area contributed by atoms with Gasteiger partial charge in [-0.2, -0.15) is 0 Å². The quantitative estimate of drug-likeness (QED) is 0.575. The van der Waals surface area contributed by atoms with Crippen LogP contribution in [0.1, 0.15) is 10.4 Å². The Morgan fingerprint density at radius 1 is 1.38 bits per heavy atom. The van der Waals surface area contributed by atoms with Crippen LogP contribution in [-0.4, -0.2) is 16.1 Å². The second-order valence-corrected chi connectivity index (χ2v) is 2.77. The van der Waals surface area contributed by atoms with Crippen LogP contribution in [0, 0.1) is 0 Å². The number of benzene rings is 1. The normalized spacial score (nSPS) is 10.5. The third kappa shape index (κ3) is 1.03. The van der Waals surface area contributed by atoms with E-state index >= 15 is 0 Å². The van der Waals surface area contributed by atoms with E-state index in [4.69, 9.17) is 10.8 Å². The zero-order valence-electron chi connectivity index (χ0n) is 6.74. The molecule has 0 bridgehead atoms. The average Bonchev–Trinajstić information content (AvgIpc) is 2.50. The highest BCUT2D eigenvalue weighted by Crippen LogP contribution is 2.23. The fraction of sp³-hybridized carbons (Fsp3) is 0. The monoisotopic (exact) mass is 176 g/mol. The van der Waals surface area contributed by atoms with Crippen molar-refractivity contribution in [3.05, 3.63) is 30.0 Å². The number of hydrogen-bond acceptors (Lipinski definition) is 2. The number of rotatable bonds is 1. The molecule has 66 valence electrons. The number of aromatic carboxylic acids is 1. The average molecular weight is 176 g/mol. The molecule has 0 aliphatic carbocycles. The first-order chi connectivity index (χ1) is 6.20. The lowest BCUT2D eigenvalue weighted by Crippen LogP contribution is -2.02. The molecule has 4 N–H and O–H groups in total. The summed E-state index contributed by atoms with van der Waals surface area (Å²) in [6.07, 6.45) is 1.69. The first kappa shape index (κ1) is 7.67. The van der Waals surface area contributed by atoms with E-state index in [1.807, 2.05) is 0 Å². The maximum Gasteiger partial charge on any atom is 0.338 e. The molecule has 4 nitrogen and oxygen atoms in total. The highest BCUT2D eigenvalue weighted by molar-refractivity contribution is 6.07. The number of carboxylic acid groups (broad SMARTS) is 1. The van der Waals surface area contributed by atoms with E-state index < -0.39 is 5.97 Å². The van der Waals surface area contributed by atoms with Crippen molar-refractivity contribution in [2.45, 2.75) is 0 Å². The second kappa shape index (κ2) is 2.52. The molecule has 0 amide bonds. The number of anilines is 1. The number of fused-ring (bicyclic) bond motifs is 1. The molecule has 0 saturated carbocycles. The Bertz CT molecular complexity index is 473. The summed E-state index contributed by atoms with van der Waals surface area (Å²) in [7, 11) is 0. The molecule has 0 saturated heterocycles. The summed E-state index contributed by atoms with van der Waals surface area (Å²) < 4.78 is 0. The van der Waals surface area contributed by atoms with Gasteiger partial charge in [0.1, 0.15) is 0 Å². The van der Waals surface area contributed by atoms with Crippen molar-refractivity contribution in [1.82, 2.24) is 4.98 Å². The molecular formula is C9H8N2O2. The van der Waals surface area contributed by atoms with Crippen LogP contribution < -0.4 is 5.73 Å². The maximum atomic E-state index is 10.8. The summed E-state index contributed by atoms with van der Waals surface area (Å²) in [6.45, 7) is 0. The minimum absolute atomic E-state index is 0.166. The molecule has 1 aromatic carbocycles. The van der Waals surface area contributed by atoms with E-state index in [0.717, 1.165) is 5.52 Å². The van der Waals surface area contributed by atoms with Crippen LogP contribution in [0.2, 0.25) is 0 Å². The maximum absolute atomic E-state index is 10.8. The number of hydrogen-bond donors (Lipinski definition) is 3. The van der Waals surface area contributed by atoms with E-state index in [1.54, 1.807) is 24.4 Å². The number of nitrogens with two attached hydrogens (primary N) is 1. The first-order valence-electron chi connectivity index (χ1n) is 3.79. The molecule has 13 heavy (non-hydrogen) atoms. The Morgan fingerprint density at radius 3 is 2.85 bits per heavy atom. The molecule has 1 heterocycles. The van der Waals surface area contributed by atoms with Crippen LogP contribution in [0.25, 0.3) is 10.9 Å². The Balaban J connectivity index is 2.88. The zero-order valence-corrected chi connectivity index (χ0v) is 6.74. The van der Waals surface area contributed by atoms with Gasteiger partial charge in [-0.3, -0.25) is 0 Å². The largest absolute Gasteiger partial charge is 0.478 e. The molecule has 0 spiro atoms. The third-order valence-electron chi connectivity index (χ3n) is 1.98. The van der Waals surface area contributed by atoms with Gasteiger partial charge in [0, 0.05) is 22.8 Å². The summed E-state index contributed by atoms with van der Waals surface area (Å²) in [5.41, 5.74) is 6.79. The SMILES string of the molecule is Nc1ccc2[nH]ccc2c1C(=O)O. The van der Waals surface area contributed by atoms with E-state index in [1.165, 1.54) is 0 Å². The highest BCUT2D eigenvalue weighted by atomic mass is 16.4. The fourth-order valence-electron chi connectivity index (χ4n) is 1.39. The van der Waals surface area contributed by atoms with Crippen LogP contribution in [0.5, 0.6) is 0 Å². The molecule has 0 aliphatic heterocycles. The van der Waals surface area contributed by atoms with Crippen molar-refractivity contribution in [3.63, 3.8) is 0 Å². The van der Waals surface area contributed by atoms with Crippen LogP contribution in [-0.2, 0) is 0 Å². The predicted molar refractivity (Wildman–Crippen MR) is 49.7 cm³/mol. The summed E-state index contributed by atoms with van der Waals surface area (Å²) >= 11 is 0. The molecular weight excluding hydrogens is 168 g/mol. The number of aromatic nitrogens is 1. The molecule has 0 radical (unpaired) electrons. The van der Waals surface area contributed by atoms with E-state index in [0.29, 0.717) is 11.1 Å². The topological polar surface area (TPSA) is 79.1 Å². The molecule has 2 rings (SSSR count). The minimum Gasteiger partial charge on any atom is -0.478 e. The van der Waals surface area contributed by atoms with Crippen LogP contribution in [0.15, 0.2) is 24.4 Å². The molecule has 4 heteroatoms. The number of nitrogens with one attached hydrogen (secondary N) is 1. The van der Waals surface area contributed by atoms with Gasteiger partial charge in [0.25, 0.3) is 0 Å². The van der Waals surface area contributed by atoms with Crippen LogP contribution >= 0.6 is 0 Å². The predicted octanol–water partition coefficient (Wildman–Crippen LogP) is 1.45. The van der Waals surface area contributed by atoms with Gasteiger partial charge in [-0.1, -0.05) is 0 Å². The third-order valence-corrected chi connectivity index (χ3v) is 1.98. The second-order valence-electron chi connectivity index (χ2n) is 2.77. The first-order valence-corrected chi connectivity index (χ1v) is 3.79. The number of aromatic amines is 1. The van der Waals surface area contributed by atoms with Gasteiger partial charge in [0.2, 0.25) is 0 Å². The number of carbonyl (C=O) groups is 1. The Hall–Kier alpha value is -1.97. The van der Waals surface area contributed by atoms with Crippen molar-refractivity contribution in [2.75, 3.05) is 5.73 Å². The fourth-order valence-corrected chi connectivity index (χ4v) is 1.39. The van der Waals surface area contributed by atoms with Gasteiger partial charge in [-0.15, -0.1) is 0 Å². The van der Waals surface area contributed by atoms with Crippen molar-refractivity contribution in [2.24, 2.45) is 0 Å². The van der Waals surface area contributed by atoms with Crippen LogP contribution in [0.4, 0.5) is 5.69 Å². The molecule has 2 aromatic rings. The zero-order chi connectivity index (χ0) is 9.42. The van der Waals surface area contributed by atoms with Crippen molar-refractivity contribution < 1.29 is 9.90 Å². The van der Waals surface area contributed by atoms with Crippen molar-refractivity contribution in [1.29, 1.82) is 0 Å². The van der Waals surface area contributed by atoms with Crippen molar-refractivity contribution in [3.8, 4) is 0 Å². The molecule has 0 aliphatic rings. The Morgan fingerprint density at radius 2 is 2.15 bits per heavy atom. The summed E-state index contributed by atoms with van der Waals surface area (Å²) in [6, 6.07) is 5.05. The molecule has 1 aromatic heterocycles. The van der Waals surface area contributed by atoms with E-state index in [-0.39, 0.29) is 5.56 Å². The Labute approximate surface area is 74.0 Å². The summed E-state index contributed by atoms with van der Waals surface area (Å²) in [5, 5.41) is 9.53. The lowest BCUT2D eigenvalue weighted by atomic mass is 10.1. The Kier molecular flexibility index (Phi) is 1.48. The smallest absolute Gasteiger partial charge is 0.338 e. The van der Waals surface area contributed by atoms with Gasteiger partial charge in [-0.25, -0.2) is 4.79 Å². The lowest BCUT2D eigenvalue weighted by Gasteiger charge is -2.01. The van der Waals surface area contributed by atoms with Crippen molar-refractivity contribution >= 4 is 22.6 Å². The standard InChI is InChI=1S/C9H8N2O2/c10-6-1-2-7-5(3-4-11-7)8(6)9(12)13/h1-4,11H,10H2,(H,12,13). The molecule has 0 fully saturated rings. The van der Waals surface area contributed by atoms with E-state index in [2.05, 4.69) is 4.98 Å². The van der Waals surface area contributed by atoms with Gasteiger partial charge in [-0.05, 0) is 18.2 Å². The van der Waals surface area contributed by atoms with Gasteiger partial charge >= 0.3 is 5.97 Å². The number of H-pyrrole nitrogens is 1. The molecule has 0 unspecified atom stereocenters. The van der Waals surface area contributed by atoms with E-state index in [9.17, 15) is 4.79 Å². The summed E-state index contributed by atoms with van der Waals surface area (Å²) in [4.78, 5) is 13.8. The van der Waals surface area contributed by atoms with Gasteiger partial charge in [0.15, 0.2) is 0 Å². The van der Waals surface area contributed by atoms with Crippen LogP contribution in [0.3, 0.4) is 0 Å². The molecule has 0 atom stereocenters. The highest BCUT2D eigenvalue weighted by Gasteiger charge is 2.12. The number of carboxylic acids is 1. The van der Waals surface area contributed by atoms with Gasteiger partial charge in [0.05, 0.1) is 5.56 Å². The minimum atomic E-state index is -0.997. The lowest BCUT2D eigenvalue weighted by molar-refractivity contribution is 0.0700. The summed E-state index contributed by atoms with van der Waals surface area (Å²) in [5.74, 6) is -0.997. The number of nitrogen functional groups attached to an aromatic ring is 1.